The molecule has 2 N–H and O–H groups in total. The van der Waals surface area contributed by atoms with Crippen LogP contribution < -0.4 is 5.32 Å². The van der Waals surface area contributed by atoms with E-state index in [-0.39, 0.29) is 11.6 Å². The third-order valence-electron chi connectivity index (χ3n) is 3.46. The first kappa shape index (κ1) is 16.3. The van der Waals surface area contributed by atoms with Gasteiger partial charge in [0, 0.05) is 20.1 Å². The van der Waals surface area contributed by atoms with Crippen LogP contribution in [0.3, 0.4) is 0 Å². The second-order valence-electron chi connectivity index (χ2n) is 5.05. The van der Waals surface area contributed by atoms with E-state index in [1.54, 1.807) is 31.4 Å². The zero-order valence-corrected chi connectivity index (χ0v) is 12.8. The van der Waals surface area contributed by atoms with Gasteiger partial charge in [0.05, 0.1) is 18.2 Å². The standard InChI is InChI=1S/C17H21NO4/c1-3-14-8-9-16(22-14)15(11-21-2)18-10-12-4-6-13(7-5-12)17(19)20/h4-9,15,18H,3,10-11H2,1-2H3,(H,19,20). The van der Waals surface area contributed by atoms with Crippen LogP contribution in [0, 0.1) is 0 Å². The van der Waals surface area contributed by atoms with Crippen LogP contribution in [0.2, 0.25) is 0 Å². The van der Waals surface area contributed by atoms with E-state index in [2.05, 4.69) is 5.32 Å². The topological polar surface area (TPSA) is 71.7 Å². The molecule has 0 saturated heterocycles. The first-order valence-electron chi connectivity index (χ1n) is 7.27. The van der Waals surface area contributed by atoms with Crippen LogP contribution in [-0.2, 0) is 17.7 Å². The van der Waals surface area contributed by atoms with Gasteiger partial charge in [-0.2, -0.15) is 0 Å². The summed E-state index contributed by atoms with van der Waals surface area (Å²) >= 11 is 0. The molecule has 0 saturated carbocycles. The quantitative estimate of drug-likeness (QED) is 0.784. The molecule has 0 spiro atoms. The van der Waals surface area contributed by atoms with E-state index in [0.717, 1.165) is 23.5 Å². The van der Waals surface area contributed by atoms with Gasteiger partial charge >= 0.3 is 5.97 Å². The fourth-order valence-corrected chi connectivity index (χ4v) is 2.19. The normalized spacial score (nSPS) is 12.3. The smallest absolute Gasteiger partial charge is 0.335 e. The number of carboxylic acids is 1. The van der Waals surface area contributed by atoms with Gasteiger partial charge in [-0.15, -0.1) is 0 Å². The van der Waals surface area contributed by atoms with Crippen molar-refractivity contribution in [2.45, 2.75) is 25.9 Å². The Morgan fingerprint density at radius 2 is 2.00 bits per heavy atom. The van der Waals surface area contributed by atoms with E-state index in [4.69, 9.17) is 14.3 Å². The summed E-state index contributed by atoms with van der Waals surface area (Å²) in [5.41, 5.74) is 1.30. The zero-order chi connectivity index (χ0) is 15.9. The van der Waals surface area contributed by atoms with E-state index in [1.807, 2.05) is 19.1 Å². The van der Waals surface area contributed by atoms with Crippen LogP contribution in [0.5, 0.6) is 0 Å². The highest BCUT2D eigenvalue weighted by atomic mass is 16.5. The Labute approximate surface area is 129 Å². The monoisotopic (exact) mass is 303 g/mol. The molecule has 0 amide bonds. The largest absolute Gasteiger partial charge is 0.478 e. The fraction of sp³-hybridized carbons (Fsp3) is 0.353. The SMILES string of the molecule is CCc1ccc(C(COC)NCc2ccc(C(=O)O)cc2)o1. The first-order chi connectivity index (χ1) is 10.6. The molecule has 0 radical (unpaired) electrons. The molecule has 1 heterocycles. The van der Waals surface area contributed by atoms with E-state index in [0.29, 0.717) is 13.2 Å². The van der Waals surface area contributed by atoms with Crippen molar-refractivity contribution in [1.82, 2.24) is 5.32 Å². The van der Waals surface area contributed by atoms with Gasteiger partial charge in [0.25, 0.3) is 0 Å². The summed E-state index contributed by atoms with van der Waals surface area (Å²) in [5, 5.41) is 12.3. The van der Waals surface area contributed by atoms with Gasteiger partial charge in [0.1, 0.15) is 11.5 Å². The predicted octanol–water partition coefficient (Wildman–Crippen LogP) is 3.02. The summed E-state index contributed by atoms with van der Waals surface area (Å²) in [5.74, 6) is 0.879. The molecule has 0 aliphatic rings. The number of methoxy groups -OCH3 is 1. The molecule has 1 unspecified atom stereocenters. The van der Waals surface area contributed by atoms with E-state index in [9.17, 15) is 4.79 Å². The third kappa shape index (κ3) is 4.19. The van der Waals surface area contributed by atoms with Crippen LogP contribution in [0.4, 0.5) is 0 Å². The molecular formula is C17H21NO4. The van der Waals surface area contributed by atoms with Crippen LogP contribution in [0.15, 0.2) is 40.8 Å². The molecule has 1 aromatic carbocycles. The lowest BCUT2D eigenvalue weighted by atomic mass is 10.1. The molecule has 5 nitrogen and oxygen atoms in total. The molecule has 2 rings (SSSR count). The van der Waals surface area contributed by atoms with Crippen molar-refractivity contribution >= 4 is 5.97 Å². The van der Waals surface area contributed by atoms with Gasteiger partial charge in [-0.05, 0) is 29.8 Å². The highest BCUT2D eigenvalue weighted by Crippen LogP contribution is 2.18. The van der Waals surface area contributed by atoms with E-state index >= 15 is 0 Å². The predicted molar refractivity (Wildman–Crippen MR) is 82.9 cm³/mol. The average Bonchev–Trinajstić information content (AvgIpc) is 3.00. The number of ether oxygens (including phenoxy) is 1. The number of benzene rings is 1. The summed E-state index contributed by atoms with van der Waals surface area (Å²) in [6, 6.07) is 10.7. The Morgan fingerprint density at radius 3 is 2.55 bits per heavy atom. The summed E-state index contributed by atoms with van der Waals surface area (Å²) in [6.07, 6.45) is 0.857. The van der Waals surface area contributed by atoms with Crippen LogP contribution >= 0.6 is 0 Å². The molecular weight excluding hydrogens is 282 g/mol. The van der Waals surface area contributed by atoms with Crippen molar-refractivity contribution < 1.29 is 19.1 Å². The lowest BCUT2D eigenvalue weighted by molar-refractivity contribution is 0.0697. The minimum Gasteiger partial charge on any atom is -0.478 e. The van der Waals surface area contributed by atoms with Crippen LogP contribution in [0.25, 0.3) is 0 Å². The number of aryl methyl sites for hydroxylation is 1. The zero-order valence-electron chi connectivity index (χ0n) is 12.8. The maximum absolute atomic E-state index is 10.8. The molecule has 1 atom stereocenters. The van der Waals surface area contributed by atoms with Crippen LogP contribution in [0.1, 0.15) is 40.4 Å². The summed E-state index contributed by atoms with van der Waals surface area (Å²) < 4.78 is 11.0. The average molecular weight is 303 g/mol. The number of furan rings is 1. The Bertz CT molecular complexity index is 603. The minimum absolute atomic E-state index is 0.0375. The Hall–Kier alpha value is -2.11. The van der Waals surface area contributed by atoms with E-state index < -0.39 is 5.97 Å². The maximum Gasteiger partial charge on any atom is 0.335 e. The van der Waals surface area contributed by atoms with Gasteiger partial charge in [0.2, 0.25) is 0 Å². The highest BCUT2D eigenvalue weighted by molar-refractivity contribution is 5.87. The van der Waals surface area contributed by atoms with Crippen molar-refractivity contribution in [1.29, 1.82) is 0 Å². The number of rotatable bonds is 8. The van der Waals surface area contributed by atoms with Crippen molar-refractivity contribution in [3.63, 3.8) is 0 Å². The number of carbonyl (C=O) groups is 1. The second-order valence-corrected chi connectivity index (χ2v) is 5.05. The Balaban J connectivity index is 2.00. The minimum atomic E-state index is -0.917. The molecule has 0 bridgehead atoms. The molecule has 118 valence electrons. The molecule has 0 fully saturated rings. The van der Waals surface area contributed by atoms with Crippen molar-refractivity contribution in [2.75, 3.05) is 13.7 Å². The Morgan fingerprint density at radius 1 is 1.27 bits per heavy atom. The van der Waals surface area contributed by atoms with Gasteiger partial charge in [-0.25, -0.2) is 4.79 Å². The molecule has 0 aliphatic heterocycles. The third-order valence-corrected chi connectivity index (χ3v) is 3.46. The number of aromatic carboxylic acids is 1. The number of carboxylic acid groups (broad SMARTS) is 1. The number of hydrogen-bond donors (Lipinski definition) is 2. The summed E-state index contributed by atoms with van der Waals surface area (Å²) in [6.45, 7) is 3.16. The van der Waals surface area contributed by atoms with Crippen LogP contribution in [-0.4, -0.2) is 24.8 Å². The lowest BCUT2D eigenvalue weighted by Gasteiger charge is -2.16. The molecule has 22 heavy (non-hydrogen) atoms. The van der Waals surface area contributed by atoms with Gasteiger partial charge in [-0.1, -0.05) is 19.1 Å². The number of nitrogens with one attached hydrogen (secondary N) is 1. The fourth-order valence-electron chi connectivity index (χ4n) is 2.19. The lowest BCUT2D eigenvalue weighted by Crippen LogP contribution is -2.24. The van der Waals surface area contributed by atoms with Gasteiger partial charge in [0.15, 0.2) is 0 Å². The van der Waals surface area contributed by atoms with Gasteiger partial charge < -0.3 is 19.6 Å². The summed E-state index contributed by atoms with van der Waals surface area (Å²) in [4.78, 5) is 10.8. The molecule has 0 aliphatic carbocycles. The summed E-state index contributed by atoms with van der Waals surface area (Å²) in [7, 11) is 1.65. The number of hydrogen-bond acceptors (Lipinski definition) is 4. The van der Waals surface area contributed by atoms with E-state index in [1.165, 1.54) is 0 Å². The maximum atomic E-state index is 10.8. The molecule has 2 aromatic rings. The highest BCUT2D eigenvalue weighted by Gasteiger charge is 2.15. The van der Waals surface area contributed by atoms with Crippen molar-refractivity contribution in [3.8, 4) is 0 Å². The second kappa shape index (κ2) is 7.77. The van der Waals surface area contributed by atoms with Crippen molar-refractivity contribution in [3.05, 3.63) is 59.0 Å². The first-order valence-corrected chi connectivity index (χ1v) is 7.27. The van der Waals surface area contributed by atoms with Gasteiger partial charge in [-0.3, -0.25) is 0 Å². The Kier molecular flexibility index (Phi) is 5.75. The van der Waals surface area contributed by atoms with Crippen molar-refractivity contribution in [2.24, 2.45) is 0 Å². The molecule has 5 heteroatoms. The molecule has 1 aromatic heterocycles.